The zero-order chi connectivity index (χ0) is 19.9. The minimum absolute atomic E-state index is 0.268. The first-order valence-corrected chi connectivity index (χ1v) is 9.66. The van der Waals surface area contributed by atoms with Gasteiger partial charge in [0.15, 0.2) is 5.11 Å². The van der Waals surface area contributed by atoms with Gasteiger partial charge in [-0.05, 0) is 65.8 Å². The van der Waals surface area contributed by atoms with Crippen LogP contribution in [0.4, 0.5) is 14.5 Å². The van der Waals surface area contributed by atoms with Gasteiger partial charge in [0.2, 0.25) is 0 Å². The SMILES string of the molecule is Fc1ccc(COc2ccc(CNC(=S)Nc3ccc(Br)cc3F)cc2)cc1. The summed E-state index contributed by atoms with van der Waals surface area (Å²) in [5.41, 5.74) is 2.20. The van der Waals surface area contributed by atoms with Gasteiger partial charge in [0.1, 0.15) is 24.0 Å². The van der Waals surface area contributed by atoms with Gasteiger partial charge in [-0.1, -0.05) is 40.2 Å². The van der Waals surface area contributed by atoms with E-state index in [1.807, 2.05) is 24.3 Å². The summed E-state index contributed by atoms with van der Waals surface area (Å²) in [6.45, 7) is 0.854. The van der Waals surface area contributed by atoms with Crippen molar-refractivity contribution in [1.29, 1.82) is 0 Å². The molecule has 0 aromatic heterocycles. The van der Waals surface area contributed by atoms with E-state index < -0.39 is 0 Å². The Bertz CT molecular complexity index is 950. The minimum atomic E-state index is -0.388. The van der Waals surface area contributed by atoms with E-state index in [2.05, 4.69) is 26.6 Å². The van der Waals surface area contributed by atoms with Gasteiger partial charge in [-0.2, -0.15) is 0 Å². The van der Waals surface area contributed by atoms with Crippen LogP contribution in [0.2, 0.25) is 0 Å². The van der Waals surface area contributed by atoms with E-state index in [0.29, 0.717) is 34.2 Å². The number of thiocarbonyl (C=S) groups is 1. The van der Waals surface area contributed by atoms with E-state index in [0.717, 1.165) is 11.1 Å². The van der Waals surface area contributed by atoms with Crippen LogP contribution in [0.3, 0.4) is 0 Å². The molecule has 3 aromatic rings. The molecule has 0 aliphatic rings. The molecule has 0 atom stereocenters. The van der Waals surface area contributed by atoms with Crippen molar-refractivity contribution in [2.45, 2.75) is 13.2 Å². The largest absolute Gasteiger partial charge is 0.489 e. The second kappa shape index (κ2) is 9.61. The number of nitrogens with one attached hydrogen (secondary N) is 2. The molecule has 0 amide bonds. The van der Waals surface area contributed by atoms with Crippen molar-refractivity contribution in [3.63, 3.8) is 0 Å². The fourth-order valence-corrected chi connectivity index (χ4v) is 2.91. The second-order valence-electron chi connectivity index (χ2n) is 5.99. The molecule has 0 aliphatic heterocycles. The zero-order valence-electron chi connectivity index (χ0n) is 14.7. The van der Waals surface area contributed by atoms with Crippen LogP contribution in [-0.4, -0.2) is 5.11 Å². The average Bonchev–Trinajstić information content (AvgIpc) is 2.69. The lowest BCUT2D eigenvalue weighted by atomic mass is 10.2. The van der Waals surface area contributed by atoms with Crippen LogP contribution < -0.4 is 15.4 Å². The molecule has 0 heterocycles. The average molecular weight is 463 g/mol. The normalized spacial score (nSPS) is 10.4. The van der Waals surface area contributed by atoms with Gasteiger partial charge in [0.05, 0.1) is 5.69 Å². The molecule has 3 nitrogen and oxygen atoms in total. The van der Waals surface area contributed by atoms with Crippen LogP contribution in [0.1, 0.15) is 11.1 Å². The Hall–Kier alpha value is -2.51. The topological polar surface area (TPSA) is 33.3 Å². The first kappa shape index (κ1) is 20.2. The molecule has 0 aliphatic carbocycles. The maximum Gasteiger partial charge on any atom is 0.171 e. The summed E-state index contributed by atoms with van der Waals surface area (Å²) in [6, 6.07) is 18.4. The standard InChI is InChI=1S/C21H17BrF2N2OS/c22-16-5-10-20(19(24)11-16)26-21(28)25-12-14-3-8-18(9-4-14)27-13-15-1-6-17(23)7-2-15/h1-11H,12-13H2,(H2,25,26,28). The summed E-state index contributed by atoms with van der Waals surface area (Å²) in [7, 11) is 0. The van der Waals surface area contributed by atoms with Crippen molar-refractivity contribution in [2.24, 2.45) is 0 Å². The van der Waals surface area contributed by atoms with Crippen molar-refractivity contribution in [1.82, 2.24) is 5.32 Å². The Balaban J connectivity index is 1.47. The van der Waals surface area contributed by atoms with E-state index in [4.69, 9.17) is 17.0 Å². The molecule has 0 saturated carbocycles. The first-order valence-electron chi connectivity index (χ1n) is 8.46. The van der Waals surface area contributed by atoms with Gasteiger partial charge in [-0.3, -0.25) is 0 Å². The number of halogens is 3. The Morgan fingerprint density at radius 1 is 0.929 bits per heavy atom. The molecular weight excluding hydrogens is 446 g/mol. The summed E-state index contributed by atoms with van der Waals surface area (Å²) >= 11 is 8.42. The minimum Gasteiger partial charge on any atom is -0.489 e. The van der Waals surface area contributed by atoms with Crippen molar-refractivity contribution in [3.8, 4) is 5.75 Å². The molecular formula is C21H17BrF2N2OS. The van der Waals surface area contributed by atoms with Gasteiger partial charge < -0.3 is 15.4 Å². The van der Waals surface area contributed by atoms with Crippen LogP contribution in [0.25, 0.3) is 0 Å². The maximum atomic E-state index is 13.8. The molecule has 28 heavy (non-hydrogen) atoms. The quantitative estimate of drug-likeness (QED) is 0.454. The smallest absolute Gasteiger partial charge is 0.171 e. The summed E-state index contributed by atoms with van der Waals surface area (Å²) in [6.07, 6.45) is 0. The molecule has 144 valence electrons. The predicted molar refractivity (Wildman–Crippen MR) is 114 cm³/mol. The Morgan fingerprint density at radius 2 is 1.61 bits per heavy atom. The van der Waals surface area contributed by atoms with Crippen molar-refractivity contribution >= 4 is 38.9 Å². The predicted octanol–water partition coefficient (Wildman–Crippen LogP) is 5.79. The number of ether oxygens (including phenoxy) is 1. The highest BCUT2D eigenvalue weighted by Gasteiger charge is 2.05. The molecule has 0 saturated heterocycles. The first-order chi connectivity index (χ1) is 13.5. The monoisotopic (exact) mass is 462 g/mol. The van der Waals surface area contributed by atoms with Crippen LogP contribution in [-0.2, 0) is 13.2 Å². The highest BCUT2D eigenvalue weighted by atomic mass is 79.9. The zero-order valence-corrected chi connectivity index (χ0v) is 17.1. The summed E-state index contributed by atoms with van der Waals surface area (Å²) in [4.78, 5) is 0. The van der Waals surface area contributed by atoms with E-state index in [1.165, 1.54) is 18.2 Å². The molecule has 0 bridgehead atoms. The molecule has 3 rings (SSSR count). The molecule has 0 radical (unpaired) electrons. The van der Waals surface area contributed by atoms with E-state index in [-0.39, 0.29) is 11.6 Å². The van der Waals surface area contributed by atoms with Crippen LogP contribution in [0.5, 0.6) is 5.75 Å². The Morgan fingerprint density at radius 3 is 2.29 bits per heavy atom. The summed E-state index contributed by atoms with van der Waals surface area (Å²) in [5, 5.41) is 6.20. The Kier molecular flexibility index (Phi) is 6.95. The second-order valence-corrected chi connectivity index (χ2v) is 7.31. The highest BCUT2D eigenvalue weighted by Crippen LogP contribution is 2.19. The van der Waals surface area contributed by atoms with E-state index in [9.17, 15) is 8.78 Å². The van der Waals surface area contributed by atoms with Crippen molar-refractivity contribution in [2.75, 3.05) is 5.32 Å². The van der Waals surface area contributed by atoms with Crippen LogP contribution in [0.15, 0.2) is 71.2 Å². The number of anilines is 1. The lowest BCUT2D eigenvalue weighted by Gasteiger charge is -2.12. The lowest BCUT2D eigenvalue weighted by Crippen LogP contribution is -2.28. The molecule has 0 spiro atoms. The Labute approximate surface area is 175 Å². The molecule has 3 aromatic carbocycles. The maximum absolute atomic E-state index is 13.8. The number of hydrogen-bond donors (Lipinski definition) is 2. The van der Waals surface area contributed by atoms with Gasteiger partial charge in [0, 0.05) is 11.0 Å². The molecule has 0 fully saturated rings. The number of benzene rings is 3. The third-order valence-corrected chi connectivity index (χ3v) is 4.61. The lowest BCUT2D eigenvalue weighted by molar-refractivity contribution is 0.306. The summed E-state index contributed by atoms with van der Waals surface area (Å²) in [5.74, 6) is 0.0581. The molecule has 0 unspecified atom stereocenters. The van der Waals surface area contributed by atoms with Crippen molar-refractivity contribution < 1.29 is 13.5 Å². The van der Waals surface area contributed by atoms with Gasteiger partial charge in [0.25, 0.3) is 0 Å². The van der Waals surface area contributed by atoms with Gasteiger partial charge in [-0.15, -0.1) is 0 Å². The van der Waals surface area contributed by atoms with E-state index >= 15 is 0 Å². The van der Waals surface area contributed by atoms with Crippen LogP contribution in [0, 0.1) is 11.6 Å². The fraction of sp³-hybridized carbons (Fsp3) is 0.0952. The fourth-order valence-electron chi connectivity index (χ4n) is 2.39. The number of rotatable bonds is 6. The van der Waals surface area contributed by atoms with Crippen LogP contribution >= 0.6 is 28.1 Å². The third-order valence-electron chi connectivity index (χ3n) is 3.87. The van der Waals surface area contributed by atoms with Crippen molar-refractivity contribution in [3.05, 3.63) is 94.0 Å². The molecule has 7 heteroatoms. The number of hydrogen-bond acceptors (Lipinski definition) is 2. The van der Waals surface area contributed by atoms with Gasteiger partial charge >= 0.3 is 0 Å². The van der Waals surface area contributed by atoms with E-state index in [1.54, 1.807) is 24.3 Å². The highest BCUT2D eigenvalue weighted by molar-refractivity contribution is 9.10. The van der Waals surface area contributed by atoms with Gasteiger partial charge in [-0.25, -0.2) is 8.78 Å². The molecule has 2 N–H and O–H groups in total. The third kappa shape index (κ3) is 6.00. The summed E-state index contributed by atoms with van der Waals surface area (Å²) < 4.78 is 33.1.